The van der Waals surface area contributed by atoms with E-state index in [1.807, 2.05) is 0 Å². The van der Waals surface area contributed by atoms with E-state index in [1.54, 1.807) is 0 Å². The lowest BCUT2D eigenvalue weighted by atomic mass is 9.78. The molecule has 1 saturated heterocycles. The van der Waals surface area contributed by atoms with Crippen LogP contribution in [-0.2, 0) is 4.74 Å². The van der Waals surface area contributed by atoms with Gasteiger partial charge in [0.25, 0.3) is 0 Å². The highest BCUT2D eigenvalue weighted by Crippen LogP contribution is 2.32. The topological polar surface area (TPSA) is 24.5 Å². The van der Waals surface area contributed by atoms with Gasteiger partial charge in [-0.25, -0.2) is 0 Å². The van der Waals surface area contributed by atoms with Crippen molar-refractivity contribution >= 4 is 0 Å². The minimum Gasteiger partial charge on any atom is -0.376 e. The van der Waals surface area contributed by atoms with Crippen molar-refractivity contribution in [3.05, 3.63) is 0 Å². The summed E-state index contributed by atoms with van der Waals surface area (Å²) in [6.07, 6.45) is 3.22. The summed E-state index contributed by atoms with van der Waals surface area (Å²) in [7, 11) is 0. The largest absolute Gasteiger partial charge is 0.376 e. The Bertz CT molecular complexity index is 232. The van der Waals surface area contributed by atoms with E-state index in [9.17, 15) is 0 Å². The van der Waals surface area contributed by atoms with Gasteiger partial charge in [-0.05, 0) is 44.7 Å². The molecule has 3 unspecified atom stereocenters. The standard InChI is InChI=1S/C14H28N2O/c1-11(2)8-15-9-13-4-5-14(13)16-6-7-17-12(3)10-16/h11-15H,4-10H2,1-3H3. The predicted molar refractivity (Wildman–Crippen MR) is 71.2 cm³/mol. The lowest BCUT2D eigenvalue weighted by Gasteiger charge is -2.47. The maximum Gasteiger partial charge on any atom is 0.0674 e. The first kappa shape index (κ1) is 13.3. The third kappa shape index (κ3) is 3.67. The molecule has 3 atom stereocenters. The zero-order chi connectivity index (χ0) is 12.3. The molecule has 0 radical (unpaired) electrons. The SMILES string of the molecule is CC(C)CNCC1CCC1N1CCOC(C)C1. The lowest BCUT2D eigenvalue weighted by Crippen LogP contribution is -2.55. The molecule has 3 heteroatoms. The molecule has 1 aliphatic heterocycles. The Labute approximate surface area is 106 Å². The van der Waals surface area contributed by atoms with Crippen molar-refractivity contribution in [1.29, 1.82) is 0 Å². The van der Waals surface area contributed by atoms with Crippen LogP contribution < -0.4 is 5.32 Å². The highest BCUT2D eigenvalue weighted by molar-refractivity contribution is 4.91. The summed E-state index contributed by atoms with van der Waals surface area (Å²) in [5, 5.41) is 3.61. The number of rotatable bonds is 5. The molecule has 100 valence electrons. The van der Waals surface area contributed by atoms with Gasteiger partial charge >= 0.3 is 0 Å². The zero-order valence-electron chi connectivity index (χ0n) is 11.6. The summed E-state index contributed by atoms with van der Waals surface area (Å²) >= 11 is 0. The van der Waals surface area contributed by atoms with Crippen molar-refractivity contribution in [3.63, 3.8) is 0 Å². The molecule has 2 aliphatic rings. The van der Waals surface area contributed by atoms with Crippen molar-refractivity contribution in [1.82, 2.24) is 10.2 Å². The smallest absolute Gasteiger partial charge is 0.0674 e. The molecule has 1 aliphatic carbocycles. The molecule has 3 nitrogen and oxygen atoms in total. The van der Waals surface area contributed by atoms with E-state index in [4.69, 9.17) is 4.74 Å². The van der Waals surface area contributed by atoms with Crippen LogP contribution >= 0.6 is 0 Å². The molecule has 0 spiro atoms. The second-order valence-corrected chi connectivity index (χ2v) is 6.13. The number of hydrogen-bond acceptors (Lipinski definition) is 3. The molecule has 0 amide bonds. The molecular formula is C14H28N2O. The van der Waals surface area contributed by atoms with Crippen molar-refractivity contribution in [2.45, 2.75) is 45.8 Å². The van der Waals surface area contributed by atoms with E-state index in [0.29, 0.717) is 6.10 Å². The molecule has 2 rings (SSSR count). The van der Waals surface area contributed by atoms with Crippen LogP contribution in [0.15, 0.2) is 0 Å². The van der Waals surface area contributed by atoms with Gasteiger partial charge in [-0.3, -0.25) is 4.90 Å². The number of hydrogen-bond donors (Lipinski definition) is 1. The maximum atomic E-state index is 5.62. The molecular weight excluding hydrogens is 212 g/mol. The van der Waals surface area contributed by atoms with Crippen molar-refractivity contribution in [2.24, 2.45) is 11.8 Å². The number of ether oxygens (including phenoxy) is 1. The van der Waals surface area contributed by atoms with E-state index >= 15 is 0 Å². The summed E-state index contributed by atoms with van der Waals surface area (Å²) in [6, 6.07) is 0.820. The molecule has 1 heterocycles. The van der Waals surface area contributed by atoms with Crippen molar-refractivity contribution in [3.8, 4) is 0 Å². The first-order valence-corrected chi connectivity index (χ1v) is 7.23. The normalized spacial score (nSPS) is 34.9. The molecule has 1 N–H and O–H groups in total. The Morgan fingerprint density at radius 2 is 2.18 bits per heavy atom. The van der Waals surface area contributed by atoms with Gasteiger partial charge in [-0.15, -0.1) is 0 Å². The number of nitrogens with one attached hydrogen (secondary N) is 1. The summed E-state index contributed by atoms with van der Waals surface area (Å²) in [5.74, 6) is 1.64. The first-order valence-electron chi connectivity index (χ1n) is 7.23. The predicted octanol–water partition coefficient (Wildman–Crippen LogP) is 1.73. The van der Waals surface area contributed by atoms with Gasteiger partial charge in [-0.2, -0.15) is 0 Å². The first-order chi connectivity index (χ1) is 8.16. The average molecular weight is 240 g/mol. The third-order valence-corrected chi connectivity index (χ3v) is 4.08. The van der Waals surface area contributed by atoms with Gasteiger partial charge in [0.15, 0.2) is 0 Å². The summed E-state index contributed by atoms with van der Waals surface area (Å²) in [5.41, 5.74) is 0. The monoisotopic (exact) mass is 240 g/mol. The van der Waals surface area contributed by atoms with Crippen LogP contribution in [0.2, 0.25) is 0 Å². The Morgan fingerprint density at radius 3 is 2.76 bits per heavy atom. The van der Waals surface area contributed by atoms with Gasteiger partial charge in [0.05, 0.1) is 12.7 Å². The van der Waals surface area contributed by atoms with Crippen molar-refractivity contribution < 1.29 is 4.74 Å². The molecule has 0 aromatic carbocycles. The minimum atomic E-state index is 0.425. The summed E-state index contributed by atoms with van der Waals surface area (Å²) in [4.78, 5) is 2.65. The fraction of sp³-hybridized carbons (Fsp3) is 1.00. The quantitative estimate of drug-likeness (QED) is 0.792. The van der Waals surface area contributed by atoms with E-state index in [0.717, 1.165) is 44.1 Å². The van der Waals surface area contributed by atoms with E-state index in [1.165, 1.54) is 19.4 Å². The van der Waals surface area contributed by atoms with Gasteiger partial charge in [-0.1, -0.05) is 13.8 Å². The minimum absolute atomic E-state index is 0.425. The third-order valence-electron chi connectivity index (χ3n) is 4.08. The van der Waals surface area contributed by atoms with Crippen LogP contribution in [0.4, 0.5) is 0 Å². The molecule has 1 saturated carbocycles. The second-order valence-electron chi connectivity index (χ2n) is 6.13. The van der Waals surface area contributed by atoms with Crippen LogP contribution in [0.5, 0.6) is 0 Å². The van der Waals surface area contributed by atoms with Gasteiger partial charge in [0.1, 0.15) is 0 Å². The van der Waals surface area contributed by atoms with Gasteiger partial charge in [0.2, 0.25) is 0 Å². The molecule has 0 aromatic rings. The Balaban J connectivity index is 1.70. The Kier molecular flexibility index (Phi) is 4.83. The van der Waals surface area contributed by atoms with E-state index < -0.39 is 0 Å². The number of nitrogens with zero attached hydrogens (tertiary/aromatic N) is 1. The van der Waals surface area contributed by atoms with Crippen LogP contribution in [-0.4, -0.2) is 49.8 Å². The summed E-state index contributed by atoms with van der Waals surface area (Å²) < 4.78 is 5.62. The van der Waals surface area contributed by atoms with E-state index in [2.05, 4.69) is 31.0 Å². The highest BCUT2D eigenvalue weighted by atomic mass is 16.5. The van der Waals surface area contributed by atoms with Crippen LogP contribution in [0.3, 0.4) is 0 Å². The molecule has 17 heavy (non-hydrogen) atoms. The summed E-state index contributed by atoms with van der Waals surface area (Å²) in [6.45, 7) is 12.3. The van der Waals surface area contributed by atoms with Crippen LogP contribution in [0, 0.1) is 11.8 Å². The molecule has 0 aromatic heterocycles. The fourth-order valence-electron chi connectivity index (χ4n) is 2.97. The molecule has 2 fully saturated rings. The molecule has 0 bridgehead atoms. The zero-order valence-corrected chi connectivity index (χ0v) is 11.6. The van der Waals surface area contributed by atoms with Crippen LogP contribution in [0.1, 0.15) is 33.6 Å². The highest BCUT2D eigenvalue weighted by Gasteiger charge is 2.36. The second kappa shape index (κ2) is 6.17. The Morgan fingerprint density at radius 1 is 1.35 bits per heavy atom. The average Bonchev–Trinajstić information content (AvgIpc) is 2.22. The van der Waals surface area contributed by atoms with Gasteiger partial charge < -0.3 is 10.1 Å². The van der Waals surface area contributed by atoms with E-state index in [-0.39, 0.29) is 0 Å². The van der Waals surface area contributed by atoms with Crippen LogP contribution in [0.25, 0.3) is 0 Å². The maximum absolute atomic E-state index is 5.62. The lowest BCUT2D eigenvalue weighted by molar-refractivity contribution is -0.0623. The Hall–Kier alpha value is -0.120. The van der Waals surface area contributed by atoms with Crippen molar-refractivity contribution in [2.75, 3.05) is 32.8 Å². The van der Waals surface area contributed by atoms with Gasteiger partial charge in [0, 0.05) is 19.1 Å². The fourth-order valence-corrected chi connectivity index (χ4v) is 2.97. The number of morpholine rings is 1.